The number of hydrogen-bond acceptors (Lipinski definition) is 4. The van der Waals surface area contributed by atoms with E-state index in [-0.39, 0.29) is 11.8 Å². The van der Waals surface area contributed by atoms with Gasteiger partial charge >= 0.3 is 0 Å². The van der Waals surface area contributed by atoms with Gasteiger partial charge in [0.2, 0.25) is 11.8 Å². The van der Waals surface area contributed by atoms with E-state index in [1.54, 1.807) is 23.8 Å². The molecule has 0 spiro atoms. The molecule has 2 aromatic rings. The number of rotatable bonds is 12. The molecule has 2 rings (SSSR count). The molecule has 1 N–H and O–H groups in total. The van der Waals surface area contributed by atoms with E-state index in [0.29, 0.717) is 25.3 Å². The smallest absolute Gasteiger partial charge is 0.242 e. The Morgan fingerprint density at radius 2 is 1.68 bits per heavy atom. The highest BCUT2D eigenvalue weighted by molar-refractivity contribution is 7.99. The van der Waals surface area contributed by atoms with Gasteiger partial charge in [0.25, 0.3) is 0 Å². The maximum atomic E-state index is 13.2. The van der Waals surface area contributed by atoms with Crippen LogP contribution >= 0.6 is 11.8 Å². The summed E-state index contributed by atoms with van der Waals surface area (Å²) in [6.45, 7) is 7.03. The van der Waals surface area contributed by atoms with Crippen molar-refractivity contribution in [3.8, 4) is 5.75 Å². The Hall–Kier alpha value is -2.47. The van der Waals surface area contributed by atoms with E-state index in [1.807, 2.05) is 38.1 Å². The molecule has 168 valence electrons. The number of aryl methyl sites for hydroxylation is 1. The highest BCUT2D eigenvalue weighted by atomic mass is 32.2. The zero-order valence-electron chi connectivity index (χ0n) is 19.0. The molecule has 0 fully saturated rings. The number of methoxy groups -OCH3 is 1. The van der Waals surface area contributed by atoms with Crippen LogP contribution in [-0.2, 0) is 21.9 Å². The number of hydrogen-bond donors (Lipinski definition) is 1. The van der Waals surface area contributed by atoms with Crippen LogP contribution in [0.2, 0.25) is 0 Å². The van der Waals surface area contributed by atoms with E-state index >= 15 is 0 Å². The molecule has 0 bridgehead atoms. The molecule has 0 radical (unpaired) electrons. The van der Waals surface area contributed by atoms with Crippen molar-refractivity contribution in [1.29, 1.82) is 0 Å². The molecule has 0 aliphatic rings. The lowest BCUT2D eigenvalue weighted by molar-refractivity contribution is -0.139. The van der Waals surface area contributed by atoms with Crippen molar-refractivity contribution in [2.45, 2.75) is 52.0 Å². The fraction of sp³-hybridized carbons (Fsp3) is 0.440. The minimum Gasteiger partial charge on any atom is -0.497 e. The zero-order valence-corrected chi connectivity index (χ0v) is 19.8. The molecule has 0 aliphatic heterocycles. The molecule has 0 saturated heterocycles. The molecule has 6 heteroatoms. The van der Waals surface area contributed by atoms with Crippen molar-refractivity contribution in [2.24, 2.45) is 0 Å². The van der Waals surface area contributed by atoms with Crippen molar-refractivity contribution < 1.29 is 14.3 Å². The van der Waals surface area contributed by atoms with Gasteiger partial charge in [-0.1, -0.05) is 55.8 Å². The van der Waals surface area contributed by atoms with Crippen molar-refractivity contribution >= 4 is 23.6 Å². The number of nitrogens with one attached hydrogen (secondary N) is 1. The first-order valence-corrected chi connectivity index (χ1v) is 12.0. The third kappa shape index (κ3) is 7.94. The van der Waals surface area contributed by atoms with Crippen LogP contribution in [0.1, 0.15) is 43.4 Å². The summed E-state index contributed by atoms with van der Waals surface area (Å²) in [4.78, 5) is 27.7. The molecule has 2 amide bonds. The summed E-state index contributed by atoms with van der Waals surface area (Å²) in [6, 6.07) is 15.5. The van der Waals surface area contributed by atoms with Crippen LogP contribution in [0.4, 0.5) is 0 Å². The van der Waals surface area contributed by atoms with Crippen molar-refractivity contribution in [3.63, 3.8) is 0 Å². The minimum absolute atomic E-state index is 0.0218. The monoisotopic (exact) mass is 442 g/mol. The Morgan fingerprint density at radius 1 is 1.03 bits per heavy atom. The average molecular weight is 443 g/mol. The van der Waals surface area contributed by atoms with Gasteiger partial charge in [0.15, 0.2) is 0 Å². The Labute approximate surface area is 190 Å². The van der Waals surface area contributed by atoms with Gasteiger partial charge in [-0.05, 0) is 43.0 Å². The van der Waals surface area contributed by atoms with Crippen LogP contribution < -0.4 is 10.1 Å². The second-order valence-electron chi connectivity index (χ2n) is 7.56. The first-order chi connectivity index (χ1) is 15.0. The maximum absolute atomic E-state index is 13.2. The number of benzene rings is 2. The molecule has 0 saturated carbocycles. The van der Waals surface area contributed by atoms with Crippen molar-refractivity contribution in [1.82, 2.24) is 10.2 Å². The third-order valence-corrected chi connectivity index (χ3v) is 6.05. The molecule has 5 nitrogen and oxygen atoms in total. The summed E-state index contributed by atoms with van der Waals surface area (Å²) in [6.07, 6.45) is 1.43. The molecule has 0 aliphatic carbocycles. The second kappa shape index (κ2) is 13.1. The Kier molecular flexibility index (Phi) is 10.4. The van der Waals surface area contributed by atoms with Crippen LogP contribution in [0.25, 0.3) is 0 Å². The molecular weight excluding hydrogens is 408 g/mol. The topological polar surface area (TPSA) is 58.6 Å². The maximum Gasteiger partial charge on any atom is 0.242 e. The van der Waals surface area contributed by atoms with Crippen LogP contribution in [0.15, 0.2) is 48.5 Å². The van der Waals surface area contributed by atoms with Crippen molar-refractivity contribution in [3.05, 3.63) is 65.2 Å². The molecular formula is C25H34N2O3S. The summed E-state index contributed by atoms with van der Waals surface area (Å²) in [7, 11) is 1.63. The van der Waals surface area contributed by atoms with Gasteiger partial charge in [-0.15, -0.1) is 11.8 Å². The van der Waals surface area contributed by atoms with E-state index in [2.05, 4.69) is 36.5 Å². The van der Waals surface area contributed by atoms with E-state index in [1.165, 1.54) is 11.1 Å². The Morgan fingerprint density at radius 3 is 2.26 bits per heavy atom. The lowest BCUT2D eigenvalue weighted by atomic mass is 10.1. The molecule has 31 heavy (non-hydrogen) atoms. The molecule has 1 unspecified atom stereocenters. The summed E-state index contributed by atoms with van der Waals surface area (Å²) in [5, 5.41) is 2.95. The van der Waals surface area contributed by atoms with Gasteiger partial charge in [-0.2, -0.15) is 0 Å². The molecule has 0 heterocycles. The highest BCUT2D eigenvalue weighted by Gasteiger charge is 2.28. The van der Waals surface area contributed by atoms with Gasteiger partial charge in [0, 0.05) is 18.8 Å². The fourth-order valence-corrected chi connectivity index (χ4v) is 4.11. The lowest BCUT2D eigenvalue weighted by Crippen LogP contribution is -2.49. The van der Waals surface area contributed by atoms with Gasteiger partial charge in [-0.25, -0.2) is 0 Å². The molecule has 1 atom stereocenters. The third-order valence-electron chi connectivity index (χ3n) is 5.06. The second-order valence-corrected chi connectivity index (χ2v) is 8.55. The first-order valence-electron chi connectivity index (χ1n) is 10.8. The number of carbonyl (C=O) groups excluding carboxylic acids is 2. The SMILES string of the molecule is CCCNC(=O)C(CC)N(Cc1ccc(OC)cc1)C(=O)CSCc1ccc(C)cc1. The number of ether oxygens (including phenoxy) is 1. The number of carbonyl (C=O) groups is 2. The molecule has 2 aromatic carbocycles. The fourth-order valence-electron chi connectivity index (χ4n) is 3.24. The summed E-state index contributed by atoms with van der Waals surface area (Å²) < 4.78 is 5.23. The zero-order chi connectivity index (χ0) is 22.6. The summed E-state index contributed by atoms with van der Waals surface area (Å²) in [5.74, 6) is 1.76. The van der Waals surface area contributed by atoms with E-state index in [0.717, 1.165) is 23.5 Å². The van der Waals surface area contributed by atoms with Gasteiger partial charge < -0.3 is 15.0 Å². The quantitative estimate of drug-likeness (QED) is 0.523. The molecule has 0 aromatic heterocycles. The first kappa shape index (κ1) is 24.8. The summed E-state index contributed by atoms with van der Waals surface area (Å²) >= 11 is 1.58. The van der Waals surface area contributed by atoms with Crippen LogP contribution in [0, 0.1) is 6.92 Å². The predicted octanol–water partition coefficient (Wildman–Crippen LogP) is 4.57. The Balaban J connectivity index is 2.10. The lowest BCUT2D eigenvalue weighted by Gasteiger charge is -2.30. The number of amides is 2. The van der Waals surface area contributed by atoms with Crippen LogP contribution in [-0.4, -0.2) is 42.2 Å². The van der Waals surface area contributed by atoms with Crippen LogP contribution in [0.5, 0.6) is 5.75 Å². The number of thioether (sulfide) groups is 1. The standard InChI is InChI=1S/C25H34N2O3S/c1-5-15-26-25(29)23(6-2)27(16-20-11-13-22(30-4)14-12-20)24(28)18-31-17-21-9-7-19(3)8-10-21/h7-14,23H,5-6,15-18H2,1-4H3,(H,26,29). The van der Waals surface area contributed by atoms with Gasteiger partial charge in [-0.3, -0.25) is 9.59 Å². The van der Waals surface area contributed by atoms with Gasteiger partial charge in [0.05, 0.1) is 12.9 Å². The van der Waals surface area contributed by atoms with Crippen molar-refractivity contribution in [2.75, 3.05) is 19.4 Å². The van der Waals surface area contributed by atoms with E-state index in [9.17, 15) is 9.59 Å². The van der Waals surface area contributed by atoms with Gasteiger partial charge in [0.1, 0.15) is 11.8 Å². The minimum atomic E-state index is -0.485. The largest absolute Gasteiger partial charge is 0.497 e. The van der Waals surface area contributed by atoms with E-state index in [4.69, 9.17) is 4.74 Å². The predicted molar refractivity (Wildman–Crippen MR) is 128 cm³/mol. The highest BCUT2D eigenvalue weighted by Crippen LogP contribution is 2.19. The summed E-state index contributed by atoms with van der Waals surface area (Å²) in [5.41, 5.74) is 3.39. The number of nitrogens with zero attached hydrogens (tertiary/aromatic N) is 1. The Bertz CT molecular complexity index is 822. The normalized spacial score (nSPS) is 11.6. The van der Waals surface area contributed by atoms with E-state index < -0.39 is 6.04 Å². The average Bonchev–Trinajstić information content (AvgIpc) is 2.79. The van der Waals surface area contributed by atoms with Crippen LogP contribution in [0.3, 0.4) is 0 Å².